The Hall–Kier alpha value is -1.77. The van der Waals surface area contributed by atoms with Crippen molar-refractivity contribution in [3.63, 3.8) is 0 Å². The van der Waals surface area contributed by atoms with Crippen molar-refractivity contribution in [3.8, 4) is 0 Å². The average molecular weight is 203 g/mol. The predicted octanol–water partition coefficient (Wildman–Crippen LogP) is 2.75. The van der Waals surface area contributed by atoms with Gasteiger partial charge >= 0.3 is 5.97 Å². The largest absolute Gasteiger partial charge is 0.478 e. The van der Waals surface area contributed by atoms with E-state index in [1.54, 1.807) is 12.1 Å². The molecule has 0 unspecified atom stereocenters. The zero-order valence-electron chi connectivity index (χ0n) is 8.60. The molecule has 1 aromatic carbocycles. The first kappa shape index (κ1) is 9.77. The van der Waals surface area contributed by atoms with E-state index in [-0.39, 0.29) is 0 Å². The van der Waals surface area contributed by atoms with Gasteiger partial charge in [0.2, 0.25) is 0 Å². The van der Waals surface area contributed by atoms with Gasteiger partial charge in [0.15, 0.2) is 0 Å². The molecule has 15 heavy (non-hydrogen) atoms. The van der Waals surface area contributed by atoms with Gasteiger partial charge in [0, 0.05) is 18.1 Å². The molecule has 1 N–H and O–H groups in total. The highest BCUT2D eigenvalue weighted by molar-refractivity contribution is 6.02. The van der Waals surface area contributed by atoms with Crippen molar-refractivity contribution in [2.24, 2.45) is 0 Å². The Balaban J connectivity index is 2.69. The Kier molecular flexibility index (Phi) is 2.46. The van der Waals surface area contributed by atoms with Crippen LogP contribution in [0.2, 0.25) is 0 Å². The van der Waals surface area contributed by atoms with Crippen LogP contribution in [0.4, 0.5) is 0 Å². The molecule has 1 aromatic heterocycles. The third-order valence-corrected chi connectivity index (χ3v) is 2.48. The number of rotatable bonds is 3. The fourth-order valence-corrected chi connectivity index (χ4v) is 1.86. The second kappa shape index (κ2) is 3.77. The monoisotopic (exact) mass is 203 g/mol. The minimum atomic E-state index is -0.864. The molecule has 0 spiro atoms. The number of carboxylic acids is 1. The zero-order chi connectivity index (χ0) is 10.8. The quantitative estimate of drug-likeness (QED) is 0.833. The third-order valence-electron chi connectivity index (χ3n) is 2.48. The molecular weight excluding hydrogens is 190 g/mol. The second-order valence-electron chi connectivity index (χ2n) is 3.56. The van der Waals surface area contributed by atoms with Crippen LogP contribution < -0.4 is 0 Å². The van der Waals surface area contributed by atoms with Crippen molar-refractivity contribution in [1.29, 1.82) is 0 Å². The van der Waals surface area contributed by atoms with Gasteiger partial charge in [0.1, 0.15) is 0 Å². The van der Waals surface area contributed by atoms with Crippen molar-refractivity contribution in [3.05, 3.63) is 36.0 Å². The van der Waals surface area contributed by atoms with E-state index in [4.69, 9.17) is 5.11 Å². The molecule has 0 saturated heterocycles. The van der Waals surface area contributed by atoms with Crippen LogP contribution in [0.3, 0.4) is 0 Å². The maximum Gasteiger partial charge on any atom is 0.337 e. The van der Waals surface area contributed by atoms with Crippen molar-refractivity contribution < 1.29 is 9.90 Å². The molecule has 2 rings (SSSR count). The molecular formula is C12H13NO2. The smallest absolute Gasteiger partial charge is 0.337 e. The number of fused-ring (bicyclic) bond motifs is 1. The Labute approximate surface area is 87.9 Å². The molecule has 0 fully saturated rings. The number of carbonyl (C=O) groups is 1. The maximum absolute atomic E-state index is 11.1. The lowest BCUT2D eigenvalue weighted by Crippen LogP contribution is -2.02. The lowest BCUT2D eigenvalue weighted by molar-refractivity contribution is 0.0698. The van der Waals surface area contributed by atoms with Crippen LogP contribution in [0, 0.1) is 0 Å². The first-order valence-electron chi connectivity index (χ1n) is 5.05. The maximum atomic E-state index is 11.1. The average Bonchev–Trinajstić information content (AvgIpc) is 2.62. The van der Waals surface area contributed by atoms with E-state index < -0.39 is 5.97 Å². The van der Waals surface area contributed by atoms with Crippen LogP contribution in [-0.2, 0) is 6.54 Å². The summed E-state index contributed by atoms with van der Waals surface area (Å²) < 4.78 is 2.00. The Morgan fingerprint density at radius 1 is 1.40 bits per heavy atom. The molecule has 2 aromatic rings. The number of hydrogen-bond donors (Lipinski definition) is 1. The Morgan fingerprint density at radius 2 is 2.20 bits per heavy atom. The third kappa shape index (κ3) is 1.61. The number of aromatic carboxylic acids is 1. The van der Waals surface area contributed by atoms with E-state index in [1.807, 2.05) is 22.9 Å². The normalized spacial score (nSPS) is 10.7. The zero-order valence-corrected chi connectivity index (χ0v) is 8.60. The highest BCUT2D eigenvalue weighted by Crippen LogP contribution is 2.20. The fraction of sp³-hybridized carbons (Fsp3) is 0.250. The second-order valence-corrected chi connectivity index (χ2v) is 3.56. The van der Waals surface area contributed by atoms with Gasteiger partial charge in [0.25, 0.3) is 0 Å². The van der Waals surface area contributed by atoms with E-state index in [9.17, 15) is 4.79 Å². The summed E-state index contributed by atoms with van der Waals surface area (Å²) in [4.78, 5) is 11.1. The molecule has 0 saturated carbocycles. The van der Waals surface area contributed by atoms with Crippen LogP contribution >= 0.6 is 0 Å². The summed E-state index contributed by atoms with van der Waals surface area (Å²) in [5.74, 6) is -0.864. The highest BCUT2D eigenvalue weighted by Gasteiger charge is 2.11. The molecule has 78 valence electrons. The van der Waals surface area contributed by atoms with Gasteiger partial charge in [-0.3, -0.25) is 0 Å². The van der Waals surface area contributed by atoms with Crippen LogP contribution in [0.5, 0.6) is 0 Å². The molecule has 0 aliphatic carbocycles. The Morgan fingerprint density at radius 3 is 2.87 bits per heavy atom. The molecule has 0 aliphatic rings. The molecule has 0 amide bonds. The van der Waals surface area contributed by atoms with E-state index >= 15 is 0 Å². The minimum absolute atomic E-state index is 0.381. The molecule has 0 bridgehead atoms. The predicted molar refractivity (Wildman–Crippen MR) is 59.2 cm³/mol. The SMILES string of the molecule is CCCn1ccc2cccc(C(=O)O)c21. The number of aryl methyl sites for hydroxylation is 1. The molecule has 3 nitrogen and oxygen atoms in total. The van der Waals surface area contributed by atoms with E-state index in [0.717, 1.165) is 23.9 Å². The lowest BCUT2D eigenvalue weighted by atomic mass is 10.1. The van der Waals surface area contributed by atoms with Gasteiger partial charge in [-0.2, -0.15) is 0 Å². The first-order chi connectivity index (χ1) is 7.24. The molecule has 0 radical (unpaired) electrons. The summed E-state index contributed by atoms with van der Waals surface area (Å²) >= 11 is 0. The van der Waals surface area contributed by atoms with Crippen molar-refractivity contribution in [1.82, 2.24) is 4.57 Å². The summed E-state index contributed by atoms with van der Waals surface area (Å²) in [5.41, 5.74) is 1.21. The summed E-state index contributed by atoms with van der Waals surface area (Å²) in [6, 6.07) is 7.32. The number of nitrogens with zero attached hydrogens (tertiary/aromatic N) is 1. The standard InChI is InChI=1S/C12H13NO2/c1-2-7-13-8-6-9-4-3-5-10(11(9)13)12(14)15/h3-6,8H,2,7H2,1H3,(H,14,15). The summed E-state index contributed by atoms with van der Waals surface area (Å²) in [5, 5.41) is 10.1. The number of benzene rings is 1. The molecule has 1 heterocycles. The van der Waals surface area contributed by atoms with Gasteiger partial charge in [-0.1, -0.05) is 19.1 Å². The van der Waals surface area contributed by atoms with Gasteiger partial charge in [0.05, 0.1) is 11.1 Å². The number of aromatic nitrogens is 1. The van der Waals surface area contributed by atoms with Crippen LogP contribution in [0.15, 0.2) is 30.5 Å². The molecule has 0 atom stereocenters. The van der Waals surface area contributed by atoms with Crippen LogP contribution in [-0.4, -0.2) is 15.6 Å². The highest BCUT2D eigenvalue weighted by atomic mass is 16.4. The molecule has 3 heteroatoms. The minimum Gasteiger partial charge on any atom is -0.478 e. The van der Waals surface area contributed by atoms with Gasteiger partial charge in [-0.15, -0.1) is 0 Å². The van der Waals surface area contributed by atoms with E-state index in [2.05, 4.69) is 6.92 Å². The van der Waals surface area contributed by atoms with Crippen LogP contribution in [0.1, 0.15) is 23.7 Å². The van der Waals surface area contributed by atoms with Gasteiger partial charge < -0.3 is 9.67 Å². The van der Waals surface area contributed by atoms with Gasteiger partial charge in [-0.05, 0) is 18.6 Å². The van der Waals surface area contributed by atoms with Crippen molar-refractivity contribution in [2.45, 2.75) is 19.9 Å². The lowest BCUT2D eigenvalue weighted by Gasteiger charge is -2.05. The molecule has 0 aliphatic heterocycles. The van der Waals surface area contributed by atoms with Gasteiger partial charge in [-0.25, -0.2) is 4.79 Å². The summed E-state index contributed by atoms with van der Waals surface area (Å²) in [7, 11) is 0. The van der Waals surface area contributed by atoms with Crippen molar-refractivity contribution in [2.75, 3.05) is 0 Å². The Bertz CT molecular complexity index is 499. The summed E-state index contributed by atoms with van der Waals surface area (Å²) in [6.45, 7) is 2.93. The number of hydrogen-bond acceptors (Lipinski definition) is 1. The fourth-order valence-electron chi connectivity index (χ4n) is 1.86. The van der Waals surface area contributed by atoms with Crippen LogP contribution in [0.25, 0.3) is 10.9 Å². The first-order valence-corrected chi connectivity index (χ1v) is 5.05. The summed E-state index contributed by atoms with van der Waals surface area (Å²) in [6.07, 6.45) is 2.94. The topological polar surface area (TPSA) is 42.2 Å². The van der Waals surface area contributed by atoms with Crippen molar-refractivity contribution >= 4 is 16.9 Å². The number of carboxylic acid groups (broad SMARTS) is 1. The number of para-hydroxylation sites is 1. The van der Waals surface area contributed by atoms with E-state index in [0.29, 0.717) is 5.56 Å². The van der Waals surface area contributed by atoms with E-state index in [1.165, 1.54) is 0 Å².